The van der Waals surface area contributed by atoms with Crippen molar-refractivity contribution in [3.63, 3.8) is 0 Å². The summed E-state index contributed by atoms with van der Waals surface area (Å²) in [5.41, 5.74) is 10.5. The molecule has 0 bridgehead atoms. The molecular formula is C43H30. The molecule has 0 radical (unpaired) electrons. The zero-order valence-electron chi connectivity index (χ0n) is 24.4. The summed E-state index contributed by atoms with van der Waals surface area (Å²) in [5.74, 6) is 0. The minimum Gasteiger partial charge on any atom is -0.0619 e. The highest BCUT2D eigenvalue weighted by molar-refractivity contribution is 6.22. The molecule has 0 amide bonds. The van der Waals surface area contributed by atoms with Crippen LogP contribution in [-0.2, 0) is 5.41 Å². The van der Waals surface area contributed by atoms with Crippen molar-refractivity contribution in [2.75, 3.05) is 0 Å². The lowest BCUT2D eigenvalue weighted by Gasteiger charge is -2.35. The summed E-state index contributed by atoms with van der Waals surface area (Å²) in [4.78, 5) is 0. The third-order valence-electron chi connectivity index (χ3n) is 9.80. The van der Waals surface area contributed by atoms with Crippen LogP contribution >= 0.6 is 0 Å². The van der Waals surface area contributed by atoms with Gasteiger partial charge in [-0.15, -0.1) is 0 Å². The smallest absolute Gasteiger partial charge is 0.0159 e. The van der Waals surface area contributed by atoms with Crippen LogP contribution in [0.4, 0.5) is 0 Å². The van der Waals surface area contributed by atoms with Gasteiger partial charge in [0.2, 0.25) is 0 Å². The number of rotatable bonds is 2. The second kappa shape index (κ2) is 8.90. The van der Waals surface area contributed by atoms with Crippen LogP contribution in [0, 0.1) is 0 Å². The first-order chi connectivity index (χ1) is 21.1. The van der Waals surface area contributed by atoms with Crippen LogP contribution in [0.5, 0.6) is 0 Å². The van der Waals surface area contributed by atoms with Crippen LogP contribution in [0.15, 0.2) is 146 Å². The topological polar surface area (TPSA) is 0 Å². The predicted molar refractivity (Wildman–Crippen MR) is 185 cm³/mol. The van der Waals surface area contributed by atoms with Crippen molar-refractivity contribution in [3.05, 3.63) is 157 Å². The van der Waals surface area contributed by atoms with Crippen molar-refractivity contribution in [3.8, 4) is 33.4 Å². The molecule has 43 heavy (non-hydrogen) atoms. The monoisotopic (exact) mass is 546 g/mol. The Balaban J connectivity index is 1.39. The van der Waals surface area contributed by atoms with Crippen molar-refractivity contribution in [1.29, 1.82) is 0 Å². The molecule has 1 aliphatic carbocycles. The Morgan fingerprint density at radius 3 is 1.63 bits per heavy atom. The fraction of sp³-hybridized carbons (Fsp3) is 0.0698. The Labute approximate surface area is 251 Å². The van der Waals surface area contributed by atoms with Gasteiger partial charge in [-0.3, -0.25) is 0 Å². The molecule has 1 aliphatic rings. The Kier molecular flexibility index (Phi) is 5.05. The van der Waals surface area contributed by atoms with Crippen LogP contribution in [0.25, 0.3) is 76.5 Å². The lowest BCUT2D eigenvalue weighted by atomic mass is 9.68. The fourth-order valence-electron chi connectivity index (χ4n) is 7.79. The third kappa shape index (κ3) is 3.44. The van der Waals surface area contributed by atoms with Crippen LogP contribution in [-0.4, -0.2) is 0 Å². The lowest BCUT2D eigenvalue weighted by molar-refractivity contribution is 0.645. The maximum Gasteiger partial charge on any atom is 0.0159 e. The molecule has 0 aliphatic heterocycles. The molecule has 0 heterocycles. The van der Waals surface area contributed by atoms with E-state index in [1.54, 1.807) is 0 Å². The molecule has 0 nitrogen and oxygen atoms in total. The van der Waals surface area contributed by atoms with Gasteiger partial charge in [0, 0.05) is 5.41 Å². The molecule has 0 atom stereocenters. The minimum absolute atomic E-state index is 0.115. The predicted octanol–water partition coefficient (Wildman–Crippen LogP) is 11.9. The van der Waals surface area contributed by atoms with Gasteiger partial charge in [-0.2, -0.15) is 0 Å². The van der Waals surface area contributed by atoms with E-state index in [2.05, 4.69) is 159 Å². The van der Waals surface area contributed by atoms with Gasteiger partial charge in [0.25, 0.3) is 0 Å². The van der Waals surface area contributed by atoms with Crippen molar-refractivity contribution in [1.82, 2.24) is 0 Å². The van der Waals surface area contributed by atoms with Gasteiger partial charge in [0.05, 0.1) is 0 Å². The largest absolute Gasteiger partial charge is 0.0619 e. The molecule has 8 aromatic carbocycles. The van der Waals surface area contributed by atoms with Gasteiger partial charge in [0.1, 0.15) is 0 Å². The quantitative estimate of drug-likeness (QED) is 0.189. The van der Waals surface area contributed by atoms with Crippen molar-refractivity contribution in [2.45, 2.75) is 19.3 Å². The number of hydrogen-bond acceptors (Lipinski definition) is 0. The summed E-state index contributed by atoms with van der Waals surface area (Å²) in [6, 6.07) is 54.2. The van der Waals surface area contributed by atoms with Crippen LogP contribution in [0.3, 0.4) is 0 Å². The molecule has 202 valence electrons. The number of hydrogen-bond donors (Lipinski definition) is 0. The summed E-state index contributed by atoms with van der Waals surface area (Å²) in [6.45, 7) is 4.78. The molecule has 0 N–H and O–H groups in total. The SMILES string of the molecule is CC1(C)c2ccccc2-c2cccc3cc(-c4c5ccccc5c(-c5ccc6ccccc6c5)c5ccccc45)cc1c23. The van der Waals surface area contributed by atoms with E-state index in [-0.39, 0.29) is 5.41 Å². The Morgan fingerprint density at radius 2 is 0.907 bits per heavy atom. The first-order valence-electron chi connectivity index (χ1n) is 15.2. The molecule has 0 heteroatoms. The van der Waals surface area contributed by atoms with E-state index in [9.17, 15) is 0 Å². The average molecular weight is 547 g/mol. The maximum absolute atomic E-state index is 2.49. The zero-order valence-corrected chi connectivity index (χ0v) is 24.4. The normalized spacial score (nSPS) is 13.5. The molecule has 0 fully saturated rings. The van der Waals surface area contributed by atoms with E-state index in [4.69, 9.17) is 0 Å². The fourth-order valence-corrected chi connectivity index (χ4v) is 7.79. The molecule has 9 rings (SSSR count). The second-order valence-corrected chi connectivity index (χ2v) is 12.5. The molecule has 8 aromatic rings. The van der Waals surface area contributed by atoms with Gasteiger partial charge in [-0.1, -0.05) is 141 Å². The number of fused-ring (bicyclic) bond motifs is 5. The van der Waals surface area contributed by atoms with Gasteiger partial charge in [0.15, 0.2) is 0 Å². The summed E-state index contributed by atoms with van der Waals surface area (Å²) >= 11 is 0. The van der Waals surface area contributed by atoms with Crippen molar-refractivity contribution in [2.24, 2.45) is 0 Å². The Morgan fingerprint density at radius 1 is 0.372 bits per heavy atom. The highest BCUT2D eigenvalue weighted by atomic mass is 14.4. The van der Waals surface area contributed by atoms with E-state index in [1.165, 1.54) is 87.6 Å². The standard InChI is InChI=1S/C43H30/c1-43(2)38-21-10-9-15-32(38)33-20-11-14-29-25-31(26-39(43)42(29)33)41-36-18-7-5-16-34(36)40(35-17-6-8-19-37(35)41)30-23-22-27-12-3-4-13-28(27)24-30/h3-26H,1-2H3. The van der Waals surface area contributed by atoms with E-state index < -0.39 is 0 Å². The minimum atomic E-state index is -0.115. The van der Waals surface area contributed by atoms with Crippen molar-refractivity contribution >= 4 is 43.1 Å². The molecule has 0 saturated heterocycles. The number of benzene rings is 8. The summed E-state index contributed by atoms with van der Waals surface area (Å²) in [6.07, 6.45) is 0. The maximum atomic E-state index is 2.49. The van der Waals surface area contributed by atoms with Crippen LogP contribution in [0.2, 0.25) is 0 Å². The molecule has 0 spiro atoms. The first kappa shape index (κ1) is 24.4. The van der Waals surface area contributed by atoms with Gasteiger partial charge >= 0.3 is 0 Å². The zero-order chi connectivity index (χ0) is 28.7. The highest BCUT2D eigenvalue weighted by Gasteiger charge is 2.33. The van der Waals surface area contributed by atoms with E-state index in [0.29, 0.717) is 0 Å². The van der Waals surface area contributed by atoms with Gasteiger partial charge < -0.3 is 0 Å². The average Bonchev–Trinajstić information content (AvgIpc) is 3.05. The second-order valence-electron chi connectivity index (χ2n) is 12.5. The van der Waals surface area contributed by atoms with Crippen molar-refractivity contribution < 1.29 is 0 Å². The highest BCUT2D eigenvalue weighted by Crippen LogP contribution is 2.51. The van der Waals surface area contributed by atoms with Crippen LogP contribution in [0.1, 0.15) is 25.0 Å². The van der Waals surface area contributed by atoms with E-state index in [0.717, 1.165) is 0 Å². The lowest BCUT2D eigenvalue weighted by Crippen LogP contribution is -2.23. The molecule has 0 unspecified atom stereocenters. The van der Waals surface area contributed by atoms with Gasteiger partial charge in [-0.25, -0.2) is 0 Å². The summed E-state index contributed by atoms with van der Waals surface area (Å²) in [7, 11) is 0. The molecule has 0 aromatic heterocycles. The first-order valence-corrected chi connectivity index (χ1v) is 15.2. The summed E-state index contributed by atoms with van der Waals surface area (Å²) < 4.78 is 0. The van der Waals surface area contributed by atoms with Crippen LogP contribution < -0.4 is 0 Å². The Hall–Kier alpha value is -5.20. The van der Waals surface area contributed by atoms with Gasteiger partial charge in [-0.05, 0) is 106 Å². The van der Waals surface area contributed by atoms with E-state index in [1.807, 2.05) is 0 Å². The molecule has 0 saturated carbocycles. The summed E-state index contributed by atoms with van der Waals surface area (Å²) in [5, 5.41) is 10.4. The van der Waals surface area contributed by atoms with E-state index >= 15 is 0 Å². The third-order valence-corrected chi connectivity index (χ3v) is 9.80. The molecular weight excluding hydrogens is 516 g/mol. The Bertz CT molecular complexity index is 2360.